The maximum Gasteiger partial charge on any atom is 0.411 e. The van der Waals surface area contributed by atoms with Crippen LogP contribution in [-0.2, 0) is 22.2 Å². The highest BCUT2D eigenvalue weighted by atomic mass is 19.1. The molecule has 0 saturated carbocycles. The second-order valence-corrected chi connectivity index (χ2v) is 8.68. The molecule has 0 aliphatic carbocycles. The number of halogens is 1. The van der Waals surface area contributed by atoms with Gasteiger partial charge in [0.15, 0.2) is 0 Å². The minimum absolute atomic E-state index is 0.0672. The number of cyclic esters (lactones) is 1. The molecule has 0 N–H and O–H groups in total. The molecule has 176 valence electrons. The van der Waals surface area contributed by atoms with Crippen LogP contribution >= 0.6 is 0 Å². The maximum atomic E-state index is 13.4. The number of aromatic nitrogens is 1. The van der Waals surface area contributed by atoms with Crippen molar-refractivity contribution in [2.24, 2.45) is 7.05 Å². The van der Waals surface area contributed by atoms with Crippen LogP contribution in [0.25, 0.3) is 11.1 Å². The molecule has 34 heavy (non-hydrogen) atoms. The lowest BCUT2D eigenvalue weighted by molar-refractivity contribution is -0.111. The van der Waals surface area contributed by atoms with Crippen LogP contribution in [0, 0.1) is 5.82 Å². The van der Waals surface area contributed by atoms with E-state index in [2.05, 4.69) is 0 Å². The summed E-state index contributed by atoms with van der Waals surface area (Å²) in [6, 6.07) is 16.9. The number of carbonyl (C=O) groups excluding carboxylic acids is 2. The third-order valence-electron chi connectivity index (χ3n) is 6.59. The van der Waals surface area contributed by atoms with Crippen LogP contribution in [0.3, 0.4) is 0 Å². The Morgan fingerprint density at radius 2 is 1.71 bits per heavy atom. The Labute approximate surface area is 197 Å². The van der Waals surface area contributed by atoms with Crippen molar-refractivity contribution in [3.63, 3.8) is 0 Å². The molecular weight excluding hydrogens is 435 g/mol. The molecule has 0 radical (unpaired) electrons. The number of ether oxygens (including phenoxy) is 1. The number of aldehydes is 1. The van der Waals surface area contributed by atoms with Gasteiger partial charge in [0.05, 0.1) is 6.04 Å². The van der Waals surface area contributed by atoms with Crippen LogP contribution < -0.4 is 5.56 Å². The van der Waals surface area contributed by atoms with E-state index in [1.54, 1.807) is 36.3 Å². The van der Waals surface area contributed by atoms with Gasteiger partial charge < -0.3 is 19.0 Å². The monoisotopic (exact) mass is 462 g/mol. The van der Waals surface area contributed by atoms with Crippen molar-refractivity contribution in [2.75, 3.05) is 6.54 Å². The summed E-state index contributed by atoms with van der Waals surface area (Å²) in [5.41, 5.74) is 2.53. The summed E-state index contributed by atoms with van der Waals surface area (Å²) in [4.78, 5) is 37.5. The van der Waals surface area contributed by atoms with Crippen molar-refractivity contribution < 1.29 is 18.7 Å². The third kappa shape index (κ3) is 4.64. The molecule has 1 aromatic heterocycles. The quantitative estimate of drug-likeness (QED) is 0.465. The Morgan fingerprint density at radius 3 is 2.32 bits per heavy atom. The molecule has 2 atom stereocenters. The second-order valence-electron chi connectivity index (χ2n) is 8.68. The molecule has 1 fully saturated rings. The first-order valence-corrected chi connectivity index (χ1v) is 11.3. The Kier molecular flexibility index (Phi) is 6.63. The summed E-state index contributed by atoms with van der Waals surface area (Å²) >= 11 is 0. The number of rotatable bonds is 7. The van der Waals surface area contributed by atoms with Gasteiger partial charge in [-0.25, -0.2) is 9.18 Å². The van der Waals surface area contributed by atoms with Crippen molar-refractivity contribution in [2.45, 2.75) is 37.8 Å². The van der Waals surface area contributed by atoms with Crippen LogP contribution in [0.2, 0.25) is 0 Å². The lowest BCUT2D eigenvalue weighted by Gasteiger charge is -2.43. The van der Waals surface area contributed by atoms with Crippen molar-refractivity contribution in [3.05, 3.63) is 94.2 Å². The zero-order valence-corrected chi connectivity index (χ0v) is 19.2. The van der Waals surface area contributed by atoms with E-state index in [1.807, 2.05) is 31.2 Å². The van der Waals surface area contributed by atoms with Crippen LogP contribution in [0.15, 0.2) is 71.7 Å². The van der Waals surface area contributed by atoms with Crippen LogP contribution in [0.4, 0.5) is 9.18 Å². The second kappa shape index (κ2) is 9.63. The van der Waals surface area contributed by atoms with Gasteiger partial charge in [-0.2, -0.15) is 0 Å². The summed E-state index contributed by atoms with van der Waals surface area (Å²) < 4.78 is 20.9. The minimum Gasteiger partial charge on any atom is -0.438 e. The first-order chi connectivity index (χ1) is 16.3. The highest BCUT2D eigenvalue weighted by molar-refractivity contribution is 5.70. The van der Waals surface area contributed by atoms with Gasteiger partial charge in [-0.05, 0) is 53.8 Å². The largest absolute Gasteiger partial charge is 0.438 e. The van der Waals surface area contributed by atoms with E-state index in [-0.39, 0.29) is 23.8 Å². The van der Waals surface area contributed by atoms with E-state index in [0.717, 1.165) is 23.0 Å². The van der Waals surface area contributed by atoms with Gasteiger partial charge in [-0.15, -0.1) is 0 Å². The number of amides is 1. The predicted molar refractivity (Wildman–Crippen MR) is 127 cm³/mol. The van der Waals surface area contributed by atoms with E-state index in [4.69, 9.17) is 4.74 Å². The lowest BCUT2D eigenvalue weighted by atomic mass is 9.84. The Morgan fingerprint density at radius 1 is 1.03 bits per heavy atom. The summed E-state index contributed by atoms with van der Waals surface area (Å²) in [7, 11) is 1.71. The molecule has 0 bridgehead atoms. The number of aryl methyl sites for hydroxylation is 1. The fourth-order valence-electron chi connectivity index (χ4n) is 4.49. The average Bonchev–Trinajstić information content (AvgIpc) is 2.84. The SMILES string of the molecule is C[C@@H](c1ccc(-c2ccc(=O)n(C)c2)cc1)N1CC[C@](CCC=O)(c2ccc(F)cc2)OC1=O. The number of nitrogens with zero attached hydrogens (tertiary/aromatic N) is 2. The molecule has 3 aromatic rings. The number of carbonyl (C=O) groups is 2. The van der Waals surface area contributed by atoms with Crippen molar-refractivity contribution in [3.8, 4) is 11.1 Å². The molecule has 7 heteroatoms. The van der Waals surface area contributed by atoms with Gasteiger partial charge in [0, 0.05) is 38.7 Å². The summed E-state index contributed by atoms with van der Waals surface area (Å²) in [5, 5.41) is 0. The van der Waals surface area contributed by atoms with E-state index in [1.165, 1.54) is 22.8 Å². The molecule has 6 nitrogen and oxygen atoms in total. The molecule has 2 aromatic carbocycles. The fraction of sp³-hybridized carbons (Fsp3) is 0.296. The van der Waals surface area contributed by atoms with Crippen molar-refractivity contribution in [1.82, 2.24) is 9.47 Å². The third-order valence-corrected chi connectivity index (χ3v) is 6.59. The van der Waals surface area contributed by atoms with Crippen molar-refractivity contribution >= 4 is 12.4 Å². The molecule has 0 spiro atoms. The lowest BCUT2D eigenvalue weighted by Crippen LogP contribution is -2.48. The normalized spacial score (nSPS) is 18.9. The highest BCUT2D eigenvalue weighted by Gasteiger charge is 2.43. The van der Waals surface area contributed by atoms with Gasteiger partial charge in [0.1, 0.15) is 17.7 Å². The average molecular weight is 463 g/mol. The summed E-state index contributed by atoms with van der Waals surface area (Å²) in [6.07, 6.45) is 3.23. The fourth-order valence-corrected chi connectivity index (χ4v) is 4.49. The standard InChI is InChI=1S/C27H27FN2O4/c1-19(20-4-6-21(7-5-20)22-8-13-25(32)29(2)18-22)30-16-15-27(14-3-17-31,34-26(30)33)23-9-11-24(28)12-10-23/h4-13,17-19H,3,14-16H2,1-2H3/t19-,27+/m0/s1. The molecule has 1 aliphatic heterocycles. The first kappa shape index (κ1) is 23.4. The van der Waals surface area contributed by atoms with E-state index in [0.29, 0.717) is 24.9 Å². The molecule has 1 saturated heterocycles. The van der Waals surface area contributed by atoms with E-state index in [9.17, 15) is 18.8 Å². The Balaban J connectivity index is 1.52. The molecule has 1 aliphatic rings. The van der Waals surface area contributed by atoms with Gasteiger partial charge in [0.2, 0.25) is 5.56 Å². The van der Waals surface area contributed by atoms with Gasteiger partial charge in [-0.3, -0.25) is 4.79 Å². The first-order valence-electron chi connectivity index (χ1n) is 11.3. The Bertz CT molecular complexity index is 1240. The number of benzene rings is 2. The van der Waals surface area contributed by atoms with Gasteiger partial charge >= 0.3 is 6.09 Å². The number of pyridine rings is 1. The molecule has 2 heterocycles. The molecule has 1 amide bonds. The zero-order chi connectivity index (χ0) is 24.3. The molecule has 0 unspecified atom stereocenters. The highest BCUT2D eigenvalue weighted by Crippen LogP contribution is 2.40. The maximum absolute atomic E-state index is 13.4. The van der Waals surface area contributed by atoms with Crippen molar-refractivity contribution in [1.29, 1.82) is 0 Å². The Hall–Kier alpha value is -3.74. The number of hydrogen-bond donors (Lipinski definition) is 0. The summed E-state index contributed by atoms with van der Waals surface area (Å²) in [5.74, 6) is -0.368. The zero-order valence-electron chi connectivity index (χ0n) is 19.2. The predicted octanol–water partition coefficient (Wildman–Crippen LogP) is 4.97. The van der Waals surface area contributed by atoms with Crippen LogP contribution in [0.5, 0.6) is 0 Å². The smallest absolute Gasteiger partial charge is 0.411 e. The minimum atomic E-state index is -0.949. The topological polar surface area (TPSA) is 68.6 Å². The van der Waals surface area contributed by atoms with E-state index < -0.39 is 11.7 Å². The molecule has 4 rings (SSSR count). The van der Waals surface area contributed by atoms with Crippen LogP contribution in [-0.4, -0.2) is 28.4 Å². The number of hydrogen-bond acceptors (Lipinski definition) is 4. The summed E-state index contributed by atoms with van der Waals surface area (Å²) in [6.45, 7) is 2.39. The molecular formula is C27H27FN2O4. The van der Waals surface area contributed by atoms with Gasteiger partial charge in [-0.1, -0.05) is 36.4 Å². The van der Waals surface area contributed by atoms with Gasteiger partial charge in [0.25, 0.3) is 0 Å². The van der Waals surface area contributed by atoms with Crippen LogP contribution in [0.1, 0.15) is 43.4 Å². The van der Waals surface area contributed by atoms with E-state index >= 15 is 0 Å².